The van der Waals surface area contributed by atoms with E-state index in [0.717, 1.165) is 54.4 Å². The van der Waals surface area contributed by atoms with Crippen LogP contribution >= 0.6 is 0 Å². The van der Waals surface area contributed by atoms with Crippen LogP contribution in [-0.2, 0) is 0 Å². The van der Waals surface area contributed by atoms with Gasteiger partial charge in [0.1, 0.15) is 0 Å². The van der Waals surface area contributed by atoms with Gasteiger partial charge in [0.25, 0.3) is 0 Å². The second-order valence-electron chi connectivity index (χ2n) is 12.3. The zero-order chi connectivity index (χ0) is 25.3. The summed E-state index contributed by atoms with van der Waals surface area (Å²) >= 11 is 0. The Morgan fingerprint density at radius 1 is 0.750 bits per heavy atom. The molecule has 0 spiro atoms. The van der Waals surface area contributed by atoms with Gasteiger partial charge in [0, 0.05) is 5.56 Å². The predicted molar refractivity (Wildman–Crippen MR) is 150 cm³/mol. The van der Waals surface area contributed by atoms with Crippen LogP contribution < -0.4 is 0 Å². The molecular weight excluding hydrogens is 446 g/mol. The Kier molecular flexibility index (Phi) is 10.7. The molecule has 2 fully saturated rings. The first-order chi connectivity index (χ1) is 17.6. The van der Waals surface area contributed by atoms with Gasteiger partial charge < -0.3 is 0 Å². The minimum absolute atomic E-state index is 0.390. The van der Waals surface area contributed by atoms with Crippen LogP contribution in [0.2, 0.25) is 0 Å². The number of aryl methyl sites for hydroxylation is 1. The molecule has 0 nitrogen and oxygen atoms in total. The minimum atomic E-state index is -0.683. The van der Waals surface area contributed by atoms with Crippen LogP contribution in [-0.4, -0.2) is 0 Å². The summed E-state index contributed by atoms with van der Waals surface area (Å²) in [6.45, 7) is 3.90. The third kappa shape index (κ3) is 7.32. The average Bonchev–Trinajstić information content (AvgIpc) is 2.92. The van der Waals surface area contributed by atoms with Gasteiger partial charge >= 0.3 is 0 Å². The maximum atomic E-state index is 14.5. The Labute approximate surface area is 220 Å². The molecular formula is C34H50F2. The maximum absolute atomic E-state index is 14.5. The van der Waals surface area contributed by atoms with Crippen molar-refractivity contribution < 1.29 is 8.78 Å². The van der Waals surface area contributed by atoms with Crippen LogP contribution in [0.3, 0.4) is 0 Å². The lowest BCUT2D eigenvalue weighted by Gasteiger charge is -2.40. The van der Waals surface area contributed by atoms with E-state index in [4.69, 9.17) is 0 Å². The molecule has 200 valence electrons. The van der Waals surface area contributed by atoms with E-state index in [1.807, 2.05) is 0 Å². The van der Waals surface area contributed by atoms with Crippen LogP contribution in [0, 0.1) is 48.1 Å². The lowest BCUT2D eigenvalue weighted by atomic mass is 9.65. The first-order valence-electron chi connectivity index (χ1n) is 15.4. The second kappa shape index (κ2) is 13.9. The standard InChI is InChI=1S/C34H50F2/c1-3-4-5-6-7-8-9-10-26-12-14-27(15-13-26)28-16-18-29(19-17-28)30-20-22-31(23-21-30)32-24-11-25(2)33(35)34(32)36/h7-8,11,22,24,26-30H,3-6,9-10,12-21,23H2,1-2H3/b8-7+. The summed E-state index contributed by atoms with van der Waals surface area (Å²) in [7, 11) is 0. The van der Waals surface area contributed by atoms with Crippen molar-refractivity contribution in [3.05, 3.63) is 53.1 Å². The number of hydrogen-bond acceptors (Lipinski definition) is 0. The van der Waals surface area contributed by atoms with Crippen molar-refractivity contribution in [2.45, 2.75) is 123 Å². The van der Waals surface area contributed by atoms with Crippen LogP contribution in [0.15, 0.2) is 30.4 Å². The van der Waals surface area contributed by atoms with Crippen LogP contribution in [0.1, 0.15) is 127 Å². The molecule has 3 aliphatic rings. The van der Waals surface area contributed by atoms with E-state index in [0.29, 0.717) is 11.1 Å². The summed E-state index contributed by atoms with van der Waals surface area (Å²) in [5.74, 6) is 3.13. The summed E-state index contributed by atoms with van der Waals surface area (Å²) < 4.78 is 28.5. The average molecular weight is 497 g/mol. The Bertz CT molecular complexity index is 865. The van der Waals surface area contributed by atoms with Gasteiger partial charge in [-0.2, -0.15) is 0 Å². The Balaban J connectivity index is 1.15. The molecule has 2 saturated carbocycles. The van der Waals surface area contributed by atoms with Gasteiger partial charge in [0.2, 0.25) is 0 Å². The maximum Gasteiger partial charge on any atom is 0.166 e. The van der Waals surface area contributed by atoms with Crippen molar-refractivity contribution in [2.75, 3.05) is 0 Å². The monoisotopic (exact) mass is 496 g/mol. The van der Waals surface area contributed by atoms with E-state index in [1.54, 1.807) is 19.1 Å². The van der Waals surface area contributed by atoms with E-state index in [2.05, 4.69) is 25.2 Å². The molecule has 1 atom stereocenters. The van der Waals surface area contributed by atoms with Gasteiger partial charge in [-0.1, -0.05) is 63.0 Å². The van der Waals surface area contributed by atoms with E-state index in [1.165, 1.54) is 89.9 Å². The second-order valence-corrected chi connectivity index (χ2v) is 12.3. The lowest BCUT2D eigenvalue weighted by molar-refractivity contribution is 0.121. The van der Waals surface area contributed by atoms with Gasteiger partial charge in [0.05, 0.1) is 0 Å². The molecule has 2 heteroatoms. The predicted octanol–water partition coefficient (Wildman–Crippen LogP) is 11.0. The molecule has 0 heterocycles. The molecule has 0 aliphatic heterocycles. The number of benzene rings is 1. The molecule has 1 aromatic carbocycles. The van der Waals surface area contributed by atoms with E-state index in [-0.39, 0.29) is 0 Å². The molecule has 0 saturated heterocycles. The Morgan fingerprint density at radius 3 is 2.03 bits per heavy atom. The first kappa shape index (κ1) is 27.6. The number of hydrogen-bond donors (Lipinski definition) is 0. The van der Waals surface area contributed by atoms with E-state index < -0.39 is 11.6 Å². The summed E-state index contributed by atoms with van der Waals surface area (Å²) in [6, 6.07) is 3.48. The van der Waals surface area contributed by atoms with Crippen molar-refractivity contribution >= 4 is 5.57 Å². The molecule has 1 aromatic rings. The molecule has 1 unspecified atom stereocenters. The number of rotatable bonds is 10. The third-order valence-electron chi connectivity index (χ3n) is 10.00. The summed E-state index contributed by atoms with van der Waals surface area (Å²) in [4.78, 5) is 0. The highest BCUT2D eigenvalue weighted by Gasteiger charge is 2.33. The molecule has 0 bridgehead atoms. The lowest BCUT2D eigenvalue weighted by Crippen LogP contribution is -2.28. The summed E-state index contributed by atoms with van der Waals surface area (Å²) in [5, 5.41) is 0. The summed E-state index contributed by atoms with van der Waals surface area (Å²) in [5.41, 5.74) is 1.89. The Morgan fingerprint density at radius 2 is 1.39 bits per heavy atom. The molecule has 3 aliphatic carbocycles. The highest BCUT2D eigenvalue weighted by Crippen LogP contribution is 2.46. The number of halogens is 2. The molecule has 0 aromatic heterocycles. The van der Waals surface area contributed by atoms with Crippen molar-refractivity contribution in [3.63, 3.8) is 0 Å². The van der Waals surface area contributed by atoms with Gasteiger partial charge in [0.15, 0.2) is 11.6 Å². The van der Waals surface area contributed by atoms with E-state index >= 15 is 0 Å². The molecule has 0 radical (unpaired) electrons. The quantitative estimate of drug-likeness (QED) is 0.223. The topological polar surface area (TPSA) is 0 Å². The minimum Gasteiger partial charge on any atom is -0.203 e. The van der Waals surface area contributed by atoms with Gasteiger partial charge in [-0.3, -0.25) is 0 Å². The molecule has 0 amide bonds. The van der Waals surface area contributed by atoms with E-state index in [9.17, 15) is 8.78 Å². The molecule has 36 heavy (non-hydrogen) atoms. The zero-order valence-electron chi connectivity index (χ0n) is 23.1. The van der Waals surface area contributed by atoms with Crippen molar-refractivity contribution in [3.8, 4) is 0 Å². The first-order valence-corrected chi connectivity index (χ1v) is 15.4. The third-order valence-corrected chi connectivity index (χ3v) is 10.00. The summed E-state index contributed by atoms with van der Waals surface area (Å²) in [6.07, 6.45) is 29.6. The molecule has 0 N–H and O–H groups in total. The highest BCUT2D eigenvalue weighted by atomic mass is 19.2. The van der Waals surface area contributed by atoms with Crippen molar-refractivity contribution in [1.29, 1.82) is 0 Å². The van der Waals surface area contributed by atoms with Crippen LogP contribution in [0.25, 0.3) is 5.57 Å². The fourth-order valence-corrected chi connectivity index (χ4v) is 7.54. The highest BCUT2D eigenvalue weighted by molar-refractivity contribution is 5.67. The smallest absolute Gasteiger partial charge is 0.166 e. The normalized spacial score (nSPS) is 29.4. The van der Waals surface area contributed by atoms with Crippen LogP contribution in [0.4, 0.5) is 8.78 Å². The van der Waals surface area contributed by atoms with Crippen molar-refractivity contribution in [2.24, 2.45) is 29.6 Å². The fraction of sp³-hybridized carbons (Fsp3) is 0.706. The van der Waals surface area contributed by atoms with Crippen molar-refractivity contribution in [1.82, 2.24) is 0 Å². The van der Waals surface area contributed by atoms with Gasteiger partial charge in [-0.05, 0) is 131 Å². The molecule has 4 rings (SSSR count). The zero-order valence-corrected chi connectivity index (χ0v) is 23.1. The fourth-order valence-electron chi connectivity index (χ4n) is 7.54. The van der Waals surface area contributed by atoms with Gasteiger partial charge in [-0.25, -0.2) is 8.78 Å². The van der Waals surface area contributed by atoms with Gasteiger partial charge in [-0.15, -0.1) is 0 Å². The number of unbranched alkanes of at least 4 members (excludes halogenated alkanes) is 3. The van der Waals surface area contributed by atoms with Crippen LogP contribution in [0.5, 0.6) is 0 Å². The Hall–Kier alpha value is -1.44. The largest absolute Gasteiger partial charge is 0.203 e. The SMILES string of the molecule is CCCCC/C=C/CCC1CCC(C2CCC(C3CC=C(c4ccc(C)c(F)c4F)CC3)CC2)CC1. The number of allylic oxidation sites excluding steroid dienone is 4.